The van der Waals surface area contributed by atoms with Crippen LogP contribution < -0.4 is 0 Å². The van der Waals surface area contributed by atoms with Crippen LogP contribution in [0.1, 0.15) is 45.4 Å². The Morgan fingerprint density at radius 1 is 1.28 bits per heavy atom. The Kier molecular flexibility index (Phi) is 6.65. The van der Waals surface area contributed by atoms with Crippen LogP contribution in [0.3, 0.4) is 0 Å². The first-order valence-electron chi connectivity index (χ1n) is 7.13. The molecule has 1 aliphatic carbocycles. The highest BCUT2D eigenvalue weighted by atomic mass is 16.3. The number of rotatable bonds is 6. The summed E-state index contributed by atoms with van der Waals surface area (Å²) in [6, 6.07) is 0.441. The van der Waals surface area contributed by atoms with Crippen LogP contribution in [0.2, 0.25) is 0 Å². The summed E-state index contributed by atoms with van der Waals surface area (Å²) in [6.45, 7) is 3.01. The van der Waals surface area contributed by atoms with E-state index < -0.39 is 0 Å². The maximum atomic E-state index is 12.1. The number of carbonyl (C=O) groups is 1. The summed E-state index contributed by atoms with van der Waals surface area (Å²) in [5.41, 5.74) is 0. The molecule has 0 heterocycles. The molecule has 0 aromatic carbocycles. The van der Waals surface area contributed by atoms with E-state index in [-0.39, 0.29) is 12.0 Å². The second-order valence-corrected chi connectivity index (χ2v) is 5.67. The molecule has 18 heavy (non-hydrogen) atoms. The average Bonchev–Trinajstić information content (AvgIpc) is 2.36. The molecular formula is C14H28N2O2. The third kappa shape index (κ3) is 5.36. The van der Waals surface area contributed by atoms with Crippen LogP contribution in [0, 0.1) is 0 Å². The van der Waals surface area contributed by atoms with Crippen molar-refractivity contribution in [3.8, 4) is 0 Å². The Labute approximate surface area is 111 Å². The van der Waals surface area contributed by atoms with E-state index in [0.717, 1.165) is 25.8 Å². The predicted molar refractivity (Wildman–Crippen MR) is 73.4 cm³/mol. The van der Waals surface area contributed by atoms with Crippen LogP contribution in [-0.2, 0) is 4.79 Å². The first-order chi connectivity index (χ1) is 8.50. The summed E-state index contributed by atoms with van der Waals surface area (Å²) in [5, 5.41) is 9.23. The van der Waals surface area contributed by atoms with Crippen molar-refractivity contribution in [3.05, 3.63) is 0 Å². The van der Waals surface area contributed by atoms with Gasteiger partial charge < -0.3 is 10.0 Å². The Balaban J connectivity index is 2.29. The van der Waals surface area contributed by atoms with Gasteiger partial charge in [-0.3, -0.25) is 9.69 Å². The van der Waals surface area contributed by atoms with Crippen molar-refractivity contribution in [1.82, 2.24) is 9.80 Å². The quantitative estimate of drug-likeness (QED) is 0.783. The highest BCUT2D eigenvalue weighted by Crippen LogP contribution is 2.21. The summed E-state index contributed by atoms with van der Waals surface area (Å²) in [7, 11) is 3.87. The van der Waals surface area contributed by atoms with Crippen LogP contribution in [0.25, 0.3) is 0 Å². The number of likely N-dealkylation sites (N-methyl/N-ethyl adjacent to an activating group) is 2. The fraction of sp³-hybridized carbons (Fsp3) is 0.929. The average molecular weight is 256 g/mol. The number of carbonyl (C=O) groups excluding carboxylic acids is 1. The van der Waals surface area contributed by atoms with Gasteiger partial charge in [0.15, 0.2) is 0 Å². The van der Waals surface area contributed by atoms with E-state index in [1.54, 1.807) is 6.92 Å². The lowest BCUT2D eigenvalue weighted by Gasteiger charge is -2.32. The Morgan fingerprint density at radius 2 is 1.89 bits per heavy atom. The minimum absolute atomic E-state index is 0.204. The van der Waals surface area contributed by atoms with Gasteiger partial charge in [0.05, 0.1) is 12.6 Å². The van der Waals surface area contributed by atoms with E-state index in [1.807, 2.05) is 23.9 Å². The molecule has 106 valence electrons. The lowest BCUT2D eigenvalue weighted by atomic mass is 9.94. The van der Waals surface area contributed by atoms with Gasteiger partial charge in [0.1, 0.15) is 0 Å². The van der Waals surface area contributed by atoms with E-state index in [9.17, 15) is 9.90 Å². The van der Waals surface area contributed by atoms with Gasteiger partial charge in [0.25, 0.3) is 0 Å². The molecule has 0 radical (unpaired) electrons. The number of amides is 1. The van der Waals surface area contributed by atoms with Crippen LogP contribution in [0.5, 0.6) is 0 Å². The van der Waals surface area contributed by atoms with Gasteiger partial charge in [-0.05, 0) is 33.2 Å². The summed E-state index contributed by atoms with van der Waals surface area (Å²) >= 11 is 0. The molecule has 0 aromatic rings. The van der Waals surface area contributed by atoms with E-state index in [2.05, 4.69) is 0 Å². The summed E-state index contributed by atoms with van der Waals surface area (Å²) in [4.78, 5) is 16.0. The van der Waals surface area contributed by atoms with Crippen molar-refractivity contribution >= 4 is 5.91 Å². The number of hydrogen-bond donors (Lipinski definition) is 1. The predicted octanol–water partition coefficient (Wildman–Crippen LogP) is 1.48. The highest BCUT2D eigenvalue weighted by molar-refractivity contribution is 5.78. The molecule has 0 bridgehead atoms. The molecule has 1 rings (SSSR count). The molecule has 0 spiro atoms. The minimum Gasteiger partial charge on any atom is -0.393 e. The number of aliphatic hydroxyl groups excluding tert-OH is 1. The first kappa shape index (κ1) is 15.4. The monoisotopic (exact) mass is 256 g/mol. The lowest BCUT2D eigenvalue weighted by Crippen LogP contribution is -2.43. The molecule has 1 N–H and O–H groups in total. The summed E-state index contributed by atoms with van der Waals surface area (Å²) < 4.78 is 0. The molecule has 4 nitrogen and oxygen atoms in total. The van der Waals surface area contributed by atoms with Crippen molar-refractivity contribution in [2.24, 2.45) is 0 Å². The van der Waals surface area contributed by atoms with Crippen molar-refractivity contribution in [2.45, 2.75) is 57.6 Å². The smallest absolute Gasteiger partial charge is 0.236 e. The zero-order valence-corrected chi connectivity index (χ0v) is 12.1. The zero-order valence-electron chi connectivity index (χ0n) is 12.1. The van der Waals surface area contributed by atoms with Gasteiger partial charge in [-0.2, -0.15) is 0 Å². The first-order valence-corrected chi connectivity index (χ1v) is 7.13. The third-order valence-corrected chi connectivity index (χ3v) is 3.85. The van der Waals surface area contributed by atoms with Gasteiger partial charge in [0.2, 0.25) is 5.91 Å². The van der Waals surface area contributed by atoms with E-state index >= 15 is 0 Å². The van der Waals surface area contributed by atoms with Gasteiger partial charge in [0, 0.05) is 19.6 Å². The molecule has 0 aromatic heterocycles. The summed E-state index contributed by atoms with van der Waals surface area (Å²) in [5.74, 6) is 0.204. The van der Waals surface area contributed by atoms with Crippen LogP contribution in [-0.4, -0.2) is 60.1 Å². The lowest BCUT2D eigenvalue weighted by molar-refractivity contribution is -0.133. The molecule has 1 unspecified atom stereocenters. The standard InChI is InChI=1S/C14H28N2O2/c1-12(17)9-10-15(2)11-14(18)16(3)13-7-5-4-6-8-13/h12-13,17H,4-11H2,1-3H3. The maximum Gasteiger partial charge on any atom is 0.236 e. The van der Waals surface area contributed by atoms with Crippen molar-refractivity contribution < 1.29 is 9.90 Å². The molecule has 1 aliphatic rings. The zero-order chi connectivity index (χ0) is 13.5. The topological polar surface area (TPSA) is 43.8 Å². The number of aliphatic hydroxyl groups is 1. The van der Waals surface area contributed by atoms with E-state index in [4.69, 9.17) is 0 Å². The van der Waals surface area contributed by atoms with Gasteiger partial charge in [-0.1, -0.05) is 19.3 Å². The normalized spacial score (nSPS) is 18.9. The van der Waals surface area contributed by atoms with Crippen molar-refractivity contribution in [3.63, 3.8) is 0 Å². The summed E-state index contributed by atoms with van der Waals surface area (Å²) in [6.07, 6.45) is 6.54. The molecule has 0 saturated heterocycles. The molecule has 1 fully saturated rings. The van der Waals surface area contributed by atoms with Gasteiger partial charge >= 0.3 is 0 Å². The highest BCUT2D eigenvalue weighted by Gasteiger charge is 2.22. The number of hydrogen-bond acceptors (Lipinski definition) is 3. The Morgan fingerprint density at radius 3 is 2.44 bits per heavy atom. The number of nitrogens with zero attached hydrogens (tertiary/aromatic N) is 2. The van der Waals surface area contributed by atoms with Crippen LogP contribution in [0.15, 0.2) is 0 Å². The van der Waals surface area contributed by atoms with Crippen LogP contribution in [0.4, 0.5) is 0 Å². The van der Waals surface area contributed by atoms with Crippen LogP contribution >= 0.6 is 0 Å². The Hall–Kier alpha value is -0.610. The second-order valence-electron chi connectivity index (χ2n) is 5.67. The largest absolute Gasteiger partial charge is 0.393 e. The molecule has 1 amide bonds. The molecular weight excluding hydrogens is 228 g/mol. The van der Waals surface area contributed by atoms with Gasteiger partial charge in [-0.15, -0.1) is 0 Å². The minimum atomic E-state index is -0.293. The van der Waals surface area contributed by atoms with Gasteiger partial charge in [-0.25, -0.2) is 0 Å². The second kappa shape index (κ2) is 7.74. The molecule has 1 atom stereocenters. The third-order valence-electron chi connectivity index (χ3n) is 3.85. The van der Waals surface area contributed by atoms with E-state index in [0.29, 0.717) is 12.6 Å². The SMILES string of the molecule is CC(O)CCN(C)CC(=O)N(C)C1CCCCC1. The molecule has 1 saturated carbocycles. The molecule has 4 heteroatoms. The van der Waals surface area contributed by atoms with Crippen molar-refractivity contribution in [2.75, 3.05) is 27.2 Å². The fourth-order valence-electron chi connectivity index (χ4n) is 2.50. The van der Waals surface area contributed by atoms with Crippen molar-refractivity contribution in [1.29, 1.82) is 0 Å². The fourth-order valence-corrected chi connectivity index (χ4v) is 2.50. The Bertz CT molecular complexity index is 250. The van der Waals surface area contributed by atoms with E-state index in [1.165, 1.54) is 19.3 Å². The maximum absolute atomic E-state index is 12.1. The molecule has 0 aliphatic heterocycles.